The summed E-state index contributed by atoms with van der Waals surface area (Å²) in [5, 5.41) is 8.87. The standard InChI is InChI=1S/C28H27N5OS/c1-33(19-10-3-2-4-11-19)26-15-22-23(30-27(34)16-29-22)14-24(26)31-28-32-25(17-35-28)21-13-7-9-18-8-5-6-12-20(18)21/h5-9,12-17,19H,2-4,10-11H2,1H3,(H,30,34)(H,31,32). The molecule has 0 radical (unpaired) electrons. The van der Waals surface area contributed by atoms with Crippen molar-refractivity contribution < 1.29 is 0 Å². The molecule has 35 heavy (non-hydrogen) atoms. The Kier molecular flexibility index (Phi) is 5.70. The van der Waals surface area contributed by atoms with Crippen LogP contribution in [0.5, 0.6) is 0 Å². The lowest BCUT2D eigenvalue weighted by atomic mass is 9.94. The van der Waals surface area contributed by atoms with E-state index < -0.39 is 0 Å². The summed E-state index contributed by atoms with van der Waals surface area (Å²) >= 11 is 1.58. The third-order valence-corrected chi connectivity index (χ3v) is 7.76. The Morgan fingerprint density at radius 3 is 2.77 bits per heavy atom. The van der Waals surface area contributed by atoms with E-state index in [4.69, 9.17) is 4.98 Å². The van der Waals surface area contributed by atoms with Crippen molar-refractivity contribution in [1.82, 2.24) is 15.0 Å². The molecule has 0 amide bonds. The number of hydrogen-bond donors (Lipinski definition) is 2. The topological polar surface area (TPSA) is 73.9 Å². The molecule has 6 rings (SSSR count). The summed E-state index contributed by atoms with van der Waals surface area (Å²) in [5.74, 6) is 0. The molecule has 0 atom stereocenters. The number of thiazole rings is 1. The van der Waals surface area contributed by atoms with E-state index in [9.17, 15) is 4.79 Å². The quantitative estimate of drug-likeness (QED) is 0.292. The van der Waals surface area contributed by atoms with E-state index >= 15 is 0 Å². The van der Waals surface area contributed by atoms with Gasteiger partial charge in [-0.05, 0) is 35.7 Å². The Morgan fingerprint density at radius 2 is 1.89 bits per heavy atom. The smallest absolute Gasteiger partial charge is 0.266 e. The van der Waals surface area contributed by atoms with E-state index in [1.54, 1.807) is 11.3 Å². The number of nitrogens with one attached hydrogen (secondary N) is 2. The molecule has 1 fully saturated rings. The summed E-state index contributed by atoms with van der Waals surface area (Å²) in [5.41, 5.74) is 5.37. The Balaban J connectivity index is 1.39. The Hall–Kier alpha value is -3.71. The van der Waals surface area contributed by atoms with Crippen molar-refractivity contribution in [3.63, 3.8) is 0 Å². The van der Waals surface area contributed by atoms with Gasteiger partial charge in [0.05, 0.1) is 34.3 Å². The molecule has 1 aliphatic carbocycles. The molecule has 0 saturated heterocycles. The van der Waals surface area contributed by atoms with E-state index in [2.05, 4.69) is 81.1 Å². The third kappa shape index (κ3) is 4.28. The number of rotatable bonds is 5. The molecular formula is C28H27N5OS. The zero-order valence-electron chi connectivity index (χ0n) is 19.6. The maximum absolute atomic E-state index is 11.9. The molecule has 1 aliphatic rings. The van der Waals surface area contributed by atoms with Crippen LogP contribution < -0.4 is 15.8 Å². The van der Waals surface area contributed by atoms with Crippen LogP contribution in [0.25, 0.3) is 33.1 Å². The molecule has 0 unspecified atom stereocenters. The highest BCUT2D eigenvalue weighted by Gasteiger charge is 2.22. The summed E-state index contributed by atoms with van der Waals surface area (Å²) in [6, 6.07) is 19.3. The number of nitrogens with zero attached hydrogens (tertiary/aromatic N) is 3. The van der Waals surface area contributed by atoms with Crippen molar-refractivity contribution in [2.45, 2.75) is 38.1 Å². The first-order valence-electron chi connectivity index (χ1n) is 12.1. The molecule has 3 aromatic carbocycles. The van der Waals surface area contributed by atoms with Crippen LogP contribution in [0.3, 0.4) is 0 Å². The summed E-state index contributed by atoms with van der Waals surface area (Å²) in [7, 11) is 2.16. The molecule has 2 aromatic heterocycles. The van der Waals surface area contributed by atoms with Gasteiger partial charge in [0, 0.05) is 24.0 Å². The zero-order chi connectivity index (χ0) is 23.8. The van der Waals surface area contributed by atoms with Crippen molar-refractivity contribution in [2.75, 3.05) is 17.3 Å². The molecule has 176 valence electrons. The zero-order valence-corrected chi connectivity index (χ0v) is 20.4. The molecule has 0 aliphatic heterocycles. The van der Waals surface area contributed by atoms with Gasteiger partial charge in [0.2, 0.25) is 0 Å². The summed E-state index contributed by atoms with van der Waals surface area (Å²) in [4.78, 5) is 26.5. The Morgan fingerprint density at radius 1 is 1.06 bits per heavy atom. The highest BCUT2D eigenvalue weighted by molar-refractivity contribution is 7.14. The van der Waals surface area contributed by atoms with Gasteiger partial charge in [0.15, 0.2) is 5.13 Å². The molecule has 2 heterocycles. The summed E-state index contributed by atoms with van der Waals surface area (Å²) < 4.78 is 0. The van der Waals surface area contributed by atoms with Gasteiger partial charge in [-0.3, -0.25) is 4.79 Å². The molecular weight excluding hydrogens is 454 g/mol. The molecule has 2 N–H and O–H groups in total. The predicted octanol–water partition coefficient (Wildman–Crippen LogP) is 6.71. The van der Waals surface area contributed by atoms with Crippen LogP contribution in [-0.4, -0.2) is 28.0 Å². The average molecular weight is 482 g/mol. The fraction of sp³-hybridized carbons (Fsp3) is 0.250. The van der Waals surface area contributed by atoms with Crippen molar-refractivity contribution in [1.29, 1.82) is 0 Å². The highest BCUT2D eigenvalue weighted by atomic mass is 32.1. The number of aromatic amines is 1. The Labute approximate surface area is 207 Å². The van der Waals surface area contributed by atoms with E-state index in [0.717, 1.165) is 33.3 Å². The lowest BCUT2D eigenvalue weighted by Crippen LogP contribution is -2.33. The Bertz CT molecular complexity index is 1560. The number of anilines is 3. The maximum Gasteiger partial charge on any atom is 0.266 e. The number of aromatic nitrogens is 3. The number of hydrogen-bond acceptors (Lipinski definition) is 6. The largest absolute Gasteiger partial charge is 0.370 e. The molecule has 7 heteroatoms. The number of benzene rings is 3. The molecule has 5 aromatic rings. The van der Waals surface area contributed by atoms with Crippen molar-refractivity contribution >= 4 is 49.6 Å². The van der Waals surface area contributed by atoms with Gasteiger partial charge in [-0.25, -0.2) is 9.97 Å². The lowest BCUT2D eigenvalue weighted by Gasteiger charge is -2.34. The van der Waals surface area contributed by atoms with Crippen LogP contribution in [0.1, 0.15) is 32.1 Å². The van der Waals surface area contributed by atoms with Crippen LogP contribution in [0.15, 0.2) is 71.0 Å². The van der Waals surface area contributed by atoms with Gasteiger partial charge in [-0.1, -0.05) is 61.7 Å². The fourth-order valence-corrected chi connectivity index (χ4v) is 5.88. The van der Waals surface area contributed by atoms with Gasteiger partial charge in [-0.15, -0.1) is 11.3 Å². The average Bonchev–Trinajstić information content (AvgIpc) is 3.36. The SMILES string of the molecule is CN(c1cc2ncc(=O)[nH]c2cc1Nc1nc(-c2cccc3ccccc23)cs1)C1CCCCC1. The van der Waals surface area contributed by atoms with E-state index in [1.165, 1.54) is 49.1 Å². The third-order valence-electron chi connectivity index (χ3n) is 7.01. The van der Waals surface area contributed by atoms with Crippen molar-refractivity contribution in [2.24, 2.45) is 0 Å². The van der Waals surface area contributed by atoms with Crippen LogP contribution >= 0.6 is 11.3 Å². The van der Waals surface area contributed by atoms with Gasteiger partial charge < -0.3 is 15.2 Å². The minimum Gasteiger partial charge on any atom is -0.370 e. The monoisotopic (exact) mass is 481 g/mol. The highest BCUT2D eigenvalue weighted by Crippen LogP contribution is 2.37. The minimum atomic E-state index is -0.204. The van der Waals surface area contributed by atoms with Crippen molar-refractivity contribution in [3.8, 4) is 11.3 Å². The van der Waals surface area contributed by atoms with Gasteiger partial charge >= 0.3 is 0 Å². The van der Waals surface area contributed by atoms with Crippen LogP contribution in [-0.2, 0) is 0 Å². The lowest BCUT2D eigenvalue weighted by molar-refractivity contribution is 0.428. The van der Waals surface area contributed by atoms with Crippen LogP contribution in [0.2, 0.25) is 0 Å². The van der Waals surface area contributed by atoms with E-state index in [0.29, 0.717) is 11.6 Å². The van der Waals surface area contributed by atoms with E-state index in [-0.39, 0.29) is 5.56 Å². The fourth-order valence-electron chi connectivity index (χ4n) is 5.15. The second kappa shape index (κ2) is 9.15. The number of fused-ring (bicyclic) bond motifs is 2. The van der Waals surface area contributed by atoms with Gasteiger partial charge in [0.1, 0.15) is 0 Å². The molecule has 6 nitrogen and oxygen atoms in total. The van der Waals surface area contributed by atoms with Crippen molar-refractivity contribution in [3.05, 3.63) is 76.5 Å². The molecule has 0 spiro atoms. The normalized spacial score (nSPS) is 14.4. The first kappa shape index (κ1) is 21.8. The predicted molar refractivity (Wildman–Crippen MR) is 146 cm³/mol. The minimum absolute atomic E-state index is 0.204. The van der Waals surface area contributed by atoms with E-state index in [1.807, 2.05) is 6.07 Å². The first-order chi connectivity index (χ1) is 17.2. The maximum atomic E-state index is 11.9. The first-order valence-corrected chi connectivity index (χ1v) is 13.0. The second-order valence-corrected chi connectivity index (χ2v) is 10.1. The number of H-pyrrole nitrogens is 1. The second-order valence-electron chi connectivity index (χ2n) is 9.23. The summed E-state index contributed by atoms with van der Waals surface area (Å²) in [6.45, 7) is 0. The van der Waals surface area contributed by atoms with Crippen LogP contribution in [0, 0.1) is 0 Å². The van der Waals surface area contributed by atoms with Crippen LogP contribution in [0.4, 0.5) is 16.5 Å². The van der Waals surface area contributed by atoms with Gasteiger partial charge in [0.25, 0.3) is 5.56 Å². The van der Waals surface area contributed by atoms with Gasteiger partial charge in [-0.2, -0.15) is 0 Å². The summed E-state index contributed by atoms with van der Waals surface area (Å²) in [6.07, 6.45) is 7.56. The molecule has 0 bridgehead atoms. The molecule has 1 saturated carbocycles.